The molecule has 1 aromatic heterocycles. The number of aromatic nitrogens is 1. The van der Waals surface area contributed by atoms with E-state index in [1.54, 1.807) is 18.3 Å². The Balaban J connectivity index is 2.05. The van der Waals surface area contributed by atoms with Gasteiger partial charge in [-0.15, -0.1) is 0 Å². The molecule has 1 fully saturated rings. The van der Waals surface area contributed by atoms with Gasteiger partial charge in [0.05, 0.1) is 5.69 Å². The number of amides is 1. The van der Waals surface area contributed by atoms with Gasteiger partial charge in [-0.1, -0.05) is 24.9 Å². The summed E-state index contributed by atoms with van der Waals surface area (Å²) in [7, 11) is 0. The Labute approximate surface area is 100 Å². The van der Waals surface area contributed by atoms with Crippen LogP contribution in [0.1, 0.15) is 26.2 Å². The van der Waals surface area contributed by atoms with Crippen LogP contribution >= 0.6 is 11.6 Å². The van der Waals surface area contributed by atoms with Gasteiger partial charge in [0.2, 0.25) is 5.91 Å². The van der Waals surface area contributed by atoms with Gasteiger partial charge in [0.15, 0.2) is 5.15 Å². The molecule has 1 amide bonds. The Morgan fingerprint density at radius 2 is 2.38 bits per heavy atom. The molecular weight excluding hydrogens is 224 g/mol. The molecule has 2 unspecified atom stereocenters. The van der Waals surface area contributed by atoms with Gasteiger partial charge < -0.3 is 5.32 Å². The highest BCUT2D eigenvalue weighted by Gasteiger charge is 2.29. The zero-order valence-electron chi connectivity index (χ0n) is 9.24. The smallest absolute Gasteiger partial charge is 0.227 e. The predicted molar refractivity (Wildman–Crippen MR) is 64.4 cm³/mol. The van der Waals surface area contributed by atoms with Crippen molar-refractivity contribution in [2.45, 2.75) is 26.2 Å². The second-order valence-corrected chi connectivity index (χ2v) is 4.70. The van der Waals surface area contributed by atoms with Crippen molar-refractivity contribution in [3.05, 3.63) is 23.5 Å². The van der Waals surface area contributed by atoms with Gasteiger partial charge >= 0.3 is 0 Å². The van der Waals surface area contributed by atoms with E-state index in [1.807, 2.05) is 0 Å². The van der Waals surface area contributed by atoms with Crippen LogP contribution in [0.2, 0.25) is 5.15 Å². The summed E-state index contributed by atoms with van der Waals surface area (Å²) >= 11 is 5.89. The first kappa shape index (κ1) is 11.4. The van der Waals surface area contributed by atoms with Crippen LogP contribution in [0.5, 0.6) is 0 Å². The largest absolute Gasteiger partial charge is 0.323 e. The number of carbonyl (C=O) groups excluding carboxylic acids is 1. The summed E-state index contributed by atoms with van der Waals surface area (Å²) in [5, 5.41) is 3.20. The molecule has 0 bridgehead atoms. The normalized spacial score (nSPS) is 24.4. The quantitative estimate of drug-likeness (QED) is 0.805. The number of nitrogens with one attached hydrogen (secondary N) is 1. The molecular formula is C12H15ClN2O. The minimum atomic E-state index is 0.0694. The fraction of sp³-hybridized carbons (Fsp3) is 0.500. The van der Waals surface area contributed by atoms with Crippen LogP contribution in [-0.2, 0) is 4.79 Å². The van der Waals surface area contributed by atoms with Gasteiger partial charge in [0.1, 0.15) is 0 Å². The van der Waals surface area contributed by atoms with Crippen LogP contribution < -0.4 is 5.32 Å². The zero-order valence-corrected chi connectivity index (χ0v) is 10.00. The van der Waals surface area contributed by atoms with Crippen molar-refractivity contribution < 1.29 is 4.79 Å². The third kappa shape index (κ3) is 2.35. The monoisotopic (exact) mass is 238 g/mol. The number of hydrogen-bond donors (Lipinski definition) is 1. The lowest BCUT2D eigenvalue weighted by atomic mass is 9.97. The average Bonchev–Trinajstić information content (AvgIpc) is 2.68. The van der Waals surface area contributed by atoms with E-state index in [0.29, 0.717) is 16.8 Å². The second-order valence-electron chi connectivity index (χ2n) is 4.35. The first-order valence-corrected chi connectivity index (χ1v) is 5.97. The molecule has 1 aromatic rings. The number of anilines is 1. The topological polar surface area (TPSA) is 42.0 Å². The van der Waals surface area contributed by atoms with Crippen molar-refractivity contribution in [1.29, 1.82) is 0 Å². The van der Waals surface area contributed by atoms with E-state index in [4.69, 9.17) is 11.6 Å². The highest BCUT2D eigenvalue weighted by atomic mass is 35.5. The Morgan fingerprint density at radius 3 is 3.00 bits per heavy atom. The molecule has 0 saturated heterocycles. The first-order chi connectivity index (χ1) is 7.68. The summed E-state index contributed by atoms with van der Waals surface area (Å²) in [6, 6.07) is 3.53. The SMILES string of the molecule is CC1CCCC1C(=O)Nc1cccnc1Cl. The molecule has 86 valence electrons. The molecule has 1 saturated carbocycles. The van der Waals surface area contributed by atoms with Crippen molar-refractivity contribution >= 4 is 23.2 Å². The molecule has 1 aliphatic rings. The molecule has 16 heavy (non-hydrogen) atoms. The van der Waals surface area contributed by atoms with Gasteiger partial charge in [-0.2, -0.15) is 0 Å². The van der Waals surface area contributed by atoms with E-state index in [9.17, 15) is 4.79 Å². The van der Waals surface area contributed by atoms with Gasteiger partial charge in [-0.3, -0.25) is 4.79 Å². The Kier molecular flexibility index (Phi) is 3.44. The first-order valence-electron chi connectivity index (χ1n) is 5.60. The maximum atomic E-state index is 12.0. The molecule has 1 aliphatic carbocycles. The summed E-state index contributed by atoms with van der Waals surface area (Å²) in [5.41, 5.74) is 0.605. The Bertz CT molecular complexity index is 394. The minimum Gasteiger partial charge on any atom is -0.323 e. The lowest BCUT2D eigenvalue weighted by Crippen LogP contribution is -2.24. The summed E-state index contributed by atoms with van der Waals surface area (Å²) in [6.07, 6.45) is 4.86. The lowest BCUT2D eigenvalue weighted by Gasteiger charge is -2.15. The Hall–Kier alpha value is -1.09. The van der Waals surface area contributed by atoms with Gasteiger partial charge in [0.25, 0.3) is 0 Å². The Morgan fingerprint density at radius 1 is 1.56 bits per heavy atom. The van der Waals surface area contributed by atoms with Crippen molar-refractivity contribution in [2.75, 3.05) is 5.32 Å². The molecule has 2 rings (SSSR count). The fourth-order valence-corrected chi connectivity index (χ4v) is 2.41. The summed E-state index contributed by atoms with van der Waals surface area (Å²) < 4.78 is 0. The number of carbonyl (C=O) groups is 1. The van der Waals surface area contributed by atoms with Gasteiger partial charge in [-0.05, 0) is 30.9 Å². The van der Waals surface area contributed by atoms with Crippen LogP contribution in [-0.4, -0.2) is 10.9 Å². The van der Waals surface area contributed by atoms with E-state index < -0.39 is 0 Å². The highest BCUT2D eigenvalue weighted by Crippen LogP contribution is 2.32. The molecule has 0 spiro atoms. The van der Waals surface area contributed by atoms with Gasteiger partial charge in [0, 0.05) is 12.1 Å². The molecule has 4 heteroatoms. The number of hydrogen-bond acceptors (Lipinski definition) is 2. The van der Waals surface area contributed by atoms with Crippen LogP contribution in [0.15, 0.2) is 18.3 Å². The molecule has 2 atom stereocenters. The van der Waals surface area contributed by atoms with E-state index >= 15 is 0 Å². The predicted octanol–water partition coefficient (Wildman–Crippen LogP) is 3.11. The van der Waals surface area contributed by atoms with E-state index in [0.717, 1.165) is 19.3 Å². The zero-order chi connectivity index (χ0) is 11.5. The van der Waals surface area contributed by atoms with E-state index in [-0.39, 0.29) is 11.8 Å². The standard InChI is InChI=1S/C12H15ClN2O/c1-8-4-2-5-9(8)12(16)15-10-6-3-7-14-11(10)13/h3,6-9H,2,4-5H2,1H3,(H,15,16). The third-order valence-corrected chi connectivity index (χ3v) is 3.52. The number of pyridine rings is 1. The molecule has 1 heterocycles. The minimum absolute atomic E-state index is 0.0694. The molecule has 0 aromatic carbocycles. The summed E-state index contributed by atoms with van der Waals surface area (Å²) in [5.74, 6) is 0.659. The summed E-state index contributed by atoms with van der Waals surface area (Å²) in [4.78, 5) is 15.9. The third-order valence-electron chi connectivity index (χ3n) is 3.22. The molecule has 0 radical (unpaired) electrons. The number of rotatable bonds is 2. The molecule has 1 N–H and O–H groups in total. The average molecular weight is 239 g/mol. The van der Waals surface area contributed by atoms with Crippen LogP contribution in [0.25, 0.3) is 0 Å². The second kappa shape index (κ2) is 4.83. The van der Waals surface area contributed by atoms with Crippen molar-refractivity contribution in [3.8, 4) is 0 Å². The molecule has 3 nitrogen and oxygen atoms in total. The van der Waals surface area contributed by atoms with E-state index in [2.05, 4.69) is 17.2 Å². The highest BCUT2D eigenvalue weighted by molar-refractivity contribution is 6.32. The number of halogens is 1. The number of nitrogens with zero attached hydrogens (tertiary/aromatic N) is 1. The summed E-state index contributed by atoms with van der Waals surface area (Å²) in [6.45, 7) is 2.13. The van der Waals surface area contributed by atoms with Crippen molar-refractivity contribution in [3.63, 3.8) is 0 Å². The van der Waals surface area contributed by atoms with Crippen LogP contribution in [0.3, 0.4) is 0 Å². The lowest BCUT2D eigenvalue weighted by molar-refractivity contribution is -0.120. The maximum Gasteiger partial charge on any atom is 0.227 e. The van der Waals surface area contributed by atoms with Gasteiger partial charge in [-0.25, -0.2) is 4.98 Å². The van der Waals surface area contributed by atoms with E-state index in [1.165, 1.54) is 0 Å². The van der Waals surface area contributed by atoms with Crippen molar-refractivity contribution in [2.24, 2.45) is 11.8 Å². The van der Waals surface area contributed by atoms with Crippen LogP contribution in [0, 0.1) is 11.8 Å². The fourth-order valence-electron chi connectivity index (χ4n) is 2.24. The maximum absolute atomic E-state index is 12.0. The molecule has 0 aliphatic heterocycles. The van der Waals surface area contributed by atoms with Crippen LogP contribution in [0.4, 0.5) is 5.69 Å². The van der Waals surface area contributed by atoms with Crippen molar-refractivity contribution in [1.82, 2.24) is 4.98 Å².